The van der Waals surface area contributed by atoms with E-state index in [1.807, 2.05) is 24.3 Å². The monoisotopic (exact) mass is 390 g/mol. The summed E-state index contributed by atoms with van der Waals surface area (Å²) in [5, 5.41) is 7.54. The van der Waals surface area contributed by atoms with E-state index in [9.17, 15) is 4.79 Å². The van der Waals surface area contributed by atoms with E-state index < -0.39 is 0 Å². The van der Waals surface area contributed by atoms with Gasteiger partial charge in [-0.15, -0.1) is 0 Å². The van der Waals surface area contributed by atoms with Crippen LogP contribution in [-0.4, -0.2) is 27.5 Å². The number of carbonyl (C=O) groups excluding carboxylic acids is 1. The SMILES string of the molecule is CC(C)Cc1ccc(-c2noc(-c3ccc(CN[C@H]4C[C@@H](C=O)C4)nc3)n2)cc1. The van der Waals surface area contributed by atoms with Gasteiger partial charge in [-0.25, -0.2) is 0 Å². The van der Waals surface area contributed by atoms with Crippen LogP contribution in [0.25, 0.3) is 22.8 Å². The van der Waals surface area contributed by atoms with Gasteiger partial charge >= 0.3 is 0 Å². The number of benzene rings is 1. The summed E-state index contributed by atoms with van der Waals surface area (Å²) in [6.07, 6.45) is 5.71. The molecule has 0 radical (unpaired) electrons. The van der Waals surface area contributed by atoms with Crippen LogP contribution < -0.4 is 5.32 Å². The summed E-state index contributed by atoms with van der Waals surface area (Å²) >= 11 is 0. The Labute approximate surface area is 170 Å². The number of aldehydes is 1. The van der Waals surface area contributed by atoms with Gasteiger partial charge in [0.1, 0.15) is 6.29 Å². The van der Waals surface area contributed by atoms with Crippen LogP contribution >= 0.6 is 0 Å². The highest BCUT2D eigenvalue weighted by Gasteiger charge is 2.27. The molecule has 150 valence electrons. The smallest absolute Gasteiger partial charge is 0.259 e. The minimum absolute atomic E-state index is 0.223. The lowest BCUT2D eigenvalue weighted by molar-refractivity contribution is -0.113. The summed E-state index contributed by atoms with van der Waals surface area (Å²) in [6.45, 7) is 5.12. The summed E-state index contributed by atoms with van der Waals surface area (Å²) < 4.78 is 5.44. The maximum Gasteiger partial charge on any atom is 0.259 e. The van der Waals surface area contributed by atoms with Gasteiger partial charge in [-0.2, -0.15) is 4.98 Å². The zero-order chi connectivity index (χ0) is 20.2. The van der Waals surface area contributed by atoms with Gasteiger partial charge in [0.15, 0.2) is 0 Å². The van der Waals surface area contributed by atoms with Crippen molar-refractivity contribution < 1.29 is 9.32 Å². The van der Waals surface area contributed by atoms with E-state index in [0.717, 1.165) is 42.4 Å². The molecule has 2 aromatic heterocycles. The molecule has 0 spiro atoms. The van der Waals surface area contributed by atoms with E-state index in [1.165, 1.54) is 5.56 Å². The van der Waals surface area contributed by atoms with E-state index >= 15 is 0 Å². The zero-order valence-electron chi connectivity index (χ0n) is 16.8. The Balaban J connectivity index is 1.37. The molecule has 6 nitrogen and oxygen atoms in total. The number of nitrogens with zero attached hydrogens (tertiary/aromatic N) is 3. The first kappa shape index (κ1) is 19.5. The Bertz CT molecular complexity index is 942. The van der Waals surface area contributed by atoms with Crippen LogP contribution in [0.3, 0.4) is 0 Å². The van der Waals surface area contributed by atoms with Crippen molar-refractivity contribution in [3.63, 3.8) is 0 Å². The summed E-state index contributed by atoms with van der Waals surface area (Å²) in [7, 11) is 0. The predicted octanol–water partition coefficient (Wildman–Crippen LogP) is 4.06. The molecule has 0 atom stereocenters. The van der Waals surface area contributed by atoms with Crippen molar-refractivity contribution in [3.8, 4) is 22.8 Å². The Hall–Kier alpha value is -2.86. The van der Waals surface area contributed by atoms with Crippen molar-refractivity contribution in [1.82, 2.24) is 20.4 Å². The predicted molar refractivity (Wildman–Crippen MR) is 111 cm³/mol. The number of pyridine rings is 1. The lowest BCUT2D eigenvalue weighted by atomic mass is 9.81. The van der Waals surface area contributed by atoms with Crippen molar-refractivity contribution in [2.75, 3.05) is 0 Å². The van der Waals surface area contributed by atoms with E-state index in [0.29, 0.717) is 30.2 Å². The van der Waals surface area contributed by atoms with Crippen molar-refractivity contribution in [3.05, 3.63) is 53.9 Å². The highest BCUT2D eigenvalue weighted by Crippen LogP contribution is 2.26. The molecule has 1 N–H and O–H groups in total. The van der Waals surface area contributed by atoms with E-state index in [4.69, 9.17) is 4.52 Å². The molecule has 1 fully saturated rings. The number of nitrogens with one attached hydrogen (secondary N) is 1. The van der Waals surface area contributed by atoms with Gasteiger partial charge in [0.05, 0.1) is 11.3 Å². The first-order chi connectivity index (χ1) is 14.1. The van der Waals surface area contributed by atoms with Crippen LogP contribution in [0, 0.1) is 11.8 Å². The fourth-order valence-corrected chi connectivity index (χ4v) is 3.56. The summed E-state index contributed by atoms with van der Waals surface area (Å²) in [6, 6.07) is 12.6. The molecule has 0 saturated heterocycles. The second-order valence-corrected chi connectivity index (χ2v) is 8.20. The lowest BCUT2D eigenvalue weighted by Crippen LogP contribution is -2.41. The molecule has 1 saturated carbocycles. The molecule has 3 aromatic rings. The van der Waals surface area contributed by atoms with Gasteiger partial charge in [0.25, 0.3) is 5.89 Å². The molecular formula is C23H26N4O2. The van der Waals surface area contributed by atoms with Gasteiger partial charge < -0.3 is 14.6 Å². The summed E-state index contributed by atoms with van der Waals surface area (Å²) in [4.78, 5) is 19.7. The fourth-order valence-electron chi connectivity index (χ4n) is 3.56. The highest BCUT2D eigenvalue weighted by molar-refractivity contribution is 5.59. The van der Waals surface area contributed by atoms with E-state index in [2.05, 4.69) is 46.4 Å². The first-order valence-corrected chi connectivity index (χ1v) is 10.2. The molecule has 29 heavy (non-hydrogen) atoms. The topological polar surface area (TPSA) is 80.9 Å². The molecule has 0 aliphatic heterocycles. The third kappa shape index (κ3) is 4.77. The maximum atomic E-state index is 10.7. The minimum Gasteiger partial charge on any atom is -0.334 e. The molecule has 1 aliphatic rings. The van der Waals surface area contributed by atoms with Gasteiger partial charge in [-0.1, -0.05) is 43.3 Å². The van der Waals surface area contributed by atoms with Gasteiger partial charge in [0.2, 0.25) is 5.82 Å². The van der Waals surface area contributed by atoms with Gasteiger partial charge in [0, 0.05) is 30.3 Å². The average molecular weight is 390 g/mol. The van der Waals surface area contributed by atoms with Gasteiger partial charge in [-0.05, 0) is 42.9 Å². The number of hydrogen-bond donors (Lipinski definition) is 1. The Morgan fingerprint density at radius 1 is 1.14 bits per heavy atom. The minimum atomic E-state index is 0.223. The van der Waals surface area contributed by atoms with Crippen LogP contribution in [0.2, 0.25) is 0 Å². The third-order valence-electron chi connectivity index (χ3n) is 5.29. The van der Waals surface area contributed by atoms with Crippen LogP contribution in [0.4, 0.5) is 0 Å². The molecule has 0 unspecified atom stereocenters. The number of hydrogen-bond acceptors (Lipinski definition) is 6. The number of rotatable bonds is 8. The van der Waals surface area contributed by atoms with Crippen LogP contribution in [0.15, 0.2) is 47.1 Å². The molecule has 1 aromatic carbocycles. The first-order valence-electron chi connectivity index (χ1n) is 10.2. The Morgan fingerprint density at radius 3 is 2.55 bits per heavy atom. The van der Waals surface area contributed by atoms with Crippen molar-refractivity contribution in [2.24, 2.45) is 11.8 Å². The van der Waals surface area contributed by atoms with Gasteiger partial charge in [-0.3, -0.25) is 4.98 Å². The maximum absolute atomic E-state index is 10.7. The van der Waals surface area contributed by atoms with E-state index in [1.54, 1.807) is 6.20 Å². The van der Waals surface area contributed by atoms with Crippen LogP contribution in [-0.2, 0) is 17.8 Å². The molecule has 2 heterocycles. The normalized spacial score (nSPS) is 18.6. The highest BCUT2D eigenvalue weighted by atomic mass is 16.5. The molecule has 4 rings (SSSR count). The van der Waals surface area contributed by atoms with Crippen LogP contribution in [0.1, 0.15) is 37.9 Å². The third-order valence-corrected chi connectivity index (χ3v) is 5.29. The number of aromatic nitrogens is 3. The molecular weight excluding hydrogens is 364 g/mol. The Kier molecular flexibility index (Phi) is 5.81. The summed E-state index contributed by atoms with van der Waals surface area (Å²) in [5.41, 5.74) is 4.00. The second kappa shape index (κ2) is 8.66. The molecule has 6 heteroatoms. The van der Waals surface area contributed by atoms with Crippen LogP contribution in [0.5, 0.6) is 0 Å². The lowest BCUT2D eigenvalue weighted by Gasteiger charge is -2.32. The molecule has 1 aliphatic carbocycles. The standard InChI is InChI=1S/C23H26N4O2/c1-15(2)9-16-3-5-18(6-4-16)22-26-23(29-27-22)19-7-8-20(24-12-19)13-25-21-10-17(11-21)14-28/h3-8,12,14-15,17,21,25H,9-11,13H2,1-2H3/t17-,21+. The Morgan fingerprint density at radius 2 is 1.90 bits per heavy atom. The molecule has 0 amide bonds. The van der Waals surface area contributed by atoms with Crippen molar-refractivity contribution in [2.45, 2.75) is 45.7 Å². The van der Waals surface area contributed by atoms with Crippen molar-refractivity contribution >= 4 is 6.29 Å². The summed E-state index contributed by atoms with van der Waals surface area (Å²) in [5.74, 6) is 1.90. The largest absolute Gasteiger partial charge is 0.334 e. The van der Waals surface area contributed by atoms with E-state index in [-0.39, 0.29) is 5.92 Å². The van der Waals surface area contributed by atoms with Crippen molar-refractivity contribution in [1.29, 1.82) is 0 Å². The average Bonchev–Trinajstić information content (AvgIpc) is 3.18. The second-order valence-electron chi connectivity index (χ2n) is 8.20. The molecule has 0 bridgehead atoms. The number of carbonyl (C=O) groups is 1. The zero-order valence-corrected chi connectivity index (χ0v) is 16.8. The quantitative estimate of drug-likeness (QED) is 0.584. The fraction of sp³-hybridized carbons (Fsp3) is 0.391.